The Labute approximate surface area is 195 Å². The molecule has 1 aromatic carbocycles. The Kier molecular flexibility index (Phi) is 5.95. The topological polar surface area (TPSA) is 109 Å². The van der Waals surface area contributed by atoms with Gasteiger partial charge in [0.25, 0.3) is 11.7 Å². The van der Waals surface area contributed by atoms with Crippen LogP contribution in [0.15, 0.2) is 47.5 Å². The molecule has 1 N–H and O–H groups in total. The first-order valence-corrected chi connectivity index (χ1v) is 11.8. The minimum Gasteiger partial charge on any atom is -0.357 e. The molecular formula is C22H24N8O2S. The van der Waals surface area contributed by atoms with Crippen molar-refractivity contribution in [2.45, 2.75) is 30.3 Å². The van der Waals surface area contributed by atoms with Crippen LogP contribution in [0.5, 0.6) is 0 Å². The van der Waals surface area contributed by atoms with Crippen molar-refractivity contribution in [3.63, 3.8) is 0 Å². The van der Waals surface area contributed by atoms with Crippen LogP contribution in [0.25, 0.3) is 0 Å². The van der Waals surface area contributed by atoms with Crippen LogP contribution in [0.3, 0.4) is 0 Å². The number of nitrogens with zero attached hydrogens (tertiary/aromatic N) is 7. The molecule has 0 spiro atoms. The molecule has 170 valence electrons. The fourth-order valence-electron chi connectivity index (χ4n) is 3.98. The van der Waals surface area contributed by atoms with E-state index in [-0.39, 0.29) is 11.7 Å². The number of pyridine rings is 1. The number of benzene rings is 1. The SMILES string of the molecule is CN1C(=O)[C@@H](NC(=O)c2nnn(Cc3ccccc3)n2)CSc2cc(N3CCCC3)ncc21. The smallest absolute Gasteiger partial charge is 0.293 e. The maximum absolute atomic E-state index is 13.1. The van der Waals surface area contributed by atoms with Crippen molar-refractivity contribution in [3.8, 4) is 0 Å². The fourth-order valence-corrected chi connectivity index (χ4v) is 5.08. The molecule has 1 saturated heterocycles. The number of aromatic nitrogens is 5. The average molecular weight is 465 g/mol. The van der Waals surface area contributed by atoms with E-state index in [1.54, 1.807) is 18.1 Å². The minimum atomic E-state index is -0.712. The maximum atomic E-state index is 13.1. The minimum absolute atomic E-state index is 0.0638. The van der Waals surface area contributed by atoms with Gasteiger partial charge in [-0.25, -0.2) is 4.98 Å². The predicted molar refractivity (Wildman–Crippen MR) is 124 cm³/mol. The quantitative estimate of drug-likeness (QED) is 0.606. The number of hydrogen-bond donors (Lipinski definition) is 1. The summed E-state index contributed by atoms with van der Waals surface area (Å²) < 4.78 is 0. The molecule has 2 aromatic heterocycles. The van der Waals surface area contributed by atoms with Crippen molar-refractivity contribution >= 4 is 35.1 Å². The van der Waals surface area contributed by atoms with Crippen LogP contribution in [0, 0.1) is 0 Å². The molecule has 0 bridgehead atoms. The summed E-state index contributed by atoms with van der Waals surface area (Å²) in [6.45, 7) is 2.41. The summed E-state index contributed by atoms with van der Waals surface area (Å²) in [4.78, 5) is 36.5. The molecule has 0 aliphatic carbocycles. The van der Waals surface area contributed by atoms with Crippen molar-refractivity contribution in [2.24, 2.45) is 0 Å². The van der Waals surface area contributed by atoms with E-state index >= 15 is 0 Å². The predicted octanol–water partition coefficient (Wildman–Crippen LogP) is 1.58. The highest BCUT2D eigenvalue weighted by atomic mass is 32.2. The number of fused-ring (bicyclic) bond motifs is 1. The summed E-state index contributed by atoms with van der Waals surface area (Å²) in [7, 11) is 1.71. The number of carbonyl (C=O) groups is 2. The van der Waals surface area contributed by atoms with Crippen molar-refractivity contribution in [1.29, 1.82) is 0 Å². The van der Waals surface area contributed by atoms with Crippen LogP contribution < -0.4 is 15.1 Å². The van der Waals surface area contributed by atoms with Gasteiger partial charge in [-0.1, -0.05) is 30.3 Å². The second-order valence-electron chi connectivity index (χ2n) is 8.07. The molecule has 2 aliphatic heterocycles. The zero-order valence-corrected chi connectivity index (χ0v) is 19.0. The van der Waals surface area contributed by atoms with Crippen molar-refractivity contribution < 1.29 is 9.59 Å². The van der Waals surface area contributed by atoms with E-state index in [0.717, 1.165) is 35.1 Å². The molecule has 4 heterocycles. The van der Waals surface area contributed by atoms with Gasteiger partial charge >= 0.3 is 0 Å². The van der Waals surface area contributed by atoms with Crippen LogP contribution in [0.4, 0.5) is 11.5 Å². The summed E-state index contributed by atoms with van der Waals surface area (Å²) in [5.74, 6) is 0.543. The molecule has 33 heavy (non-hydrogen) atoms. The highest BCUT2D eigenvalue weighted by Gasteiger charge is 2.32. The summed E-state index contributed by atoms with van der Waals surface area (Å²) >= 11 is 1.54. The van der Waals surface area contributed by atoms with Crippen molar-refractivity contribution in [2.75, 3.05) is 35.7 Å². The first kappa shape index (κ1) is 21.4. The molecule has 0 radical (unpaired) electrons. The summed E-state index contributed by atoms with van der Waals surface area (Å²) in [6, 6.07) is 11.0. The molecular weight excluding hydrogens is 440 g/mol. The largest absolute Gasteiger partial charge is 0.357 e. The number of nitrogens with one attached hydrogen (secondary N) is 1. The van der Waals surface area contributed by atoms with Crippen LogP contribution >= 0.6 is 11.8 Å². The van der Waals surface area contributed by atoms with E-state index in [2.05, 4.69) is 30.6 Å². The van der Waals surface area contributed by atoms with Crippen LogP contribution in [0.1, 0.15) is 29.0 Å². The molecule has 0 unspecified atom stereocenters. The summed E-state index contributed by atoms with van der Waals surface area (Å²) in [5, 5.41) is 14.8. The van der Waals surface area contributed by atoms with Gasteiger partial charge in [-0.2, -0.15) is 4.80 Å². The Morgan fingerprint density at radius 3 is 2.79 bits per heavy atom. The van der Waals surface area contributed by atoms with Gasteiger partial charge in [-0.15, -0.1) is 22.0 Å². The van der Waals surface area contributed by atoms with Crippen LogP contribution in [-0.4, -0.2) is 68.9 Å². The molecule has 3 aromatic rings. The molecule has 0 saturated carbocycles. The second-order valence-corrected chi connectivity index (χ2v) is 9.13. The highest BCUT2D eigenvalue weighted by molar-refractivity contribution is 7.99. The third-order valence-corrected chi connectivity index (χ3v) is 6.92. The van der Waals surface area contributed by atoms with Gasteiger partial charge in [-0.05, 0) is 29.7 Å². The number of anilines is 2. The van der Waals surface area contributed by atoms with Gasteiger partial charge in [0.15, 0.2) is 0 Å². The van der Waals surface area contributed by atoms with Crippen molar-refractivity contribution in [3.05, 3.63) is 54.0 Å². The monoisotopic (exact) mass is 464 g/mol. The van der Waals surface area contributed by atoms with Gasteiger partial charge in [0, 0.05) is 30.8 Å². The van der Waals surface area contributed by atoms with E-state index in [1.807, 2.05) is 36.4 Å². The molecule has 11 heteroatoms. The number of rotatable bonds is 5. The number of hydrogen-bond acceptors (Lipinski definition) is 8. The Bertz CT molecular complexity index is 1160. The summed E-state index contributed by atoms with van der Waals surface area (Å²) in [5.41, 5.74) is 1.75. The van der Waals surface area contributed by atoms with Crippen LogP contribution in [-0.2, 0) is 11.3 Å². The first-order valence-electron chi connectivity index (χ1n) is 10.9. The van der Waals surface area contributed by atoms with Crippen molar-refractivity contribution in [1.82, 2.24) is 30.5 Å². The van der Waals surface area contributed by atoms with E-state index in [9.17, 15) is 9.59 Å². The lowest BCUT2D eigenvalue weighted by Gasteiger charge is -2.22. The Morgan fingerprint density at radius 2 is 2.00 bits per heavy atom. The zero-order chi connectivity index (χ0) is 22.8. The Morgan fingerprint density at radius 1 is 1.21 bits per heavy atom. The number of likely N-dealkylation sites (N-methyl/N-ethyl adjacent to an activating group) is 1. The highest BCUT2D eigenvalue weighted by Crippen LogP contribution is 2.36. The number of tetrazole rings is 1. The summed E-state index contributed by atoms with van der Waals surface area (Å²) in [6.07, 6.45) is 4.08. The van der Waals surface area contributed by atoms with Gasteiger partial charge < -0.3 is 15.1 Å². The third kappa shape index (κ3) is 4.54. The number of amides is 2. The van der Waals surface area contributed by atoms with Gasteiger partial charge in [-0.3, -0.25) is 9.59 Å². The fraction of sp³-hybridized carbons (Fsp3) is 0.364. The molecule has 1 atom stereocenters. The average Bonchev–Trinajstić information content (AvgIpc) is 3.52. The van der Waals surface area contributed by atoms with Gasteiger partial charge in [0.2, 0.25) is 5.91 Å². The number of thioether (sulfide) groups is 1. The van der Waals surface area contributed by atoms with Gasteiger partial charge in [0.05, 0.1) is 18.4 Å². The van der Waals surface area contributed by atoms with E-state index in [4.69, 9.17) is 0 Å². The first-order chi connectivity index (χ1) is 16.1. The Balaban J connectivity index is 1.27. The lowest BCUT2D eigenvalue weighted by Crippen LogP contribution is -2.48. The van der Waals surface area contributed by atoms with Gasteiger partial charge in [0.1, 0.15) is 11.9 Å². The molecule has 5 rings (SSSR count). The number of carbonyl (C=O) groups excluding carboxylic acids is 2. The molecule has 1 fully saturated rings. The van der Waals surface area contributed by atoms with E-state index < -0.39 is 11.9 Å². The standard InChI is InChI=1S/C22H24N8O2S/c1-28-17-12-23-19(29-9-5-6-10-29)11-18(17)33-14-16(22(28)32)24-21(31)20-25-27-30(26-20)13-15-7-3-2-4-8-15/h2-4,7-8,11-12,16H,5-6,9-10,13-14H2,1H3,(H,24,31)/t16-/m0/s1. The lowest BCUT2D eigenvalue weighted by molar-refractivity contribution is -0.119. The lowest BCUT2D eigenvalue weighted by atomic mass is 10.2. The van der Waals surface area contributed by atoms with E-state index in [0.29, 0.717) is 12.3 Å². The molecule has 2 amide bonds. The second kappa shape index (κ2) is 9.18. The Hall–Kier alpha value is -3.47. The maximum Gasteiger partial charge on any atom is 0.293 e. The van der Waals surface area contributed by atoms with E-state index in [1.165, 1.54) is 29.4 Å². The molecule has 2 aliphatic rings. The normalized spacial score (nSPS) is 18.2. The third-order valence-electron chi connectivity index (χ3n) is 5.79. The zero-order valence-electron chi connectivity index (χ0n) is 18.2. The van der Waals surface area contributed by atoms with Crippen LogP contribution in [0.2, 0.25) is 0 Å². The molecule has 10 nitrogen and oxygen atoms in total.